The van der Waals surface area contributed by atoms with E-state index in [1.54, 1.807) is 5.38 Å². The normalized spacial score (nSPS) is 11.4. The van der Waals surface area contributed by atoms with Crippen LogP contribution in [0, 0.1) is 5.82 Å². The zero-order chi connectivity index (χ0) is 13.3. The lowest BCUT2D eigenvalue weighted by Gasteiger charge is -2.08. The average molecular weight is 308 g/mol. The van der Waals surface area contributed by atoms with Gasteiger partial charge in [-0.2, -0.15) is 0 Å². The third-order valence-electron chi connectivity index (χ3n) is 1.99. The second kappa shape index (κ2) is 4.71. The van der Waals surface area contributed by atoms with Crippen LogP contribution in [0.15, 0.2) is 28.6 Å². The van der Waals surface area contributed by atoms with Crippen LogP contribution in [-0.4, -0.2) is 13.4 Å². The first kappa shape index (κ1) is 13.1. The third kappa shape index (κ3) is 2.55. The minimum absolute atomic E-state index is 0.0256. The standard InChI is InChI=1S/C9H7ClFN3O2S2/c10-5-3-8(6(11)4-7(5)12)18(15,16)14-9-13-1-2-17-9/h1-4H,12H2,(H,13,14). The highest BCUT2D eigenvalue weighted by Gasteiger charge is 2.21. The van der Waals surface area contributed by atoms with Crippen LogP contribution < -0.4 is 10.5 Å². The Morgan fingerprint density at radius 1 is 1.44 bits per heavy atom. The van der Waals surface area contributed by atoms with Crippen molar-refractivity contribution in [3.05, 3.63) is 34.5 Å². The molecule has 1 aromatic heterocycles. The molecule has 0 aliphatic carbocycles. The Hall–Kier alpha value is -1.38. The maximum absolute atomic E-state index is 13.6. The van der Waals surface area contributed by atoms with Crippen molar-refractivity contribution in [3.63, 3.8) is 0 Å². The lowest BCUT2D eigenvalue weighted by molar-refractivity contribution is 0.571. The first-order valence-electron chi connectivity index (χ1n) is 4.57. The first-order valence-corrected chi connectivity index (χ1v) is 7.31. The van der Waals surface area contributed by atoms with E-state index in [1.807, 2.05) is 0 Å². The van der Waals surface area contributed by atoms with Crippen molar-refractivity contribution in [1.82, 2.24) is 4.98 Å². The van der Waals surface area contributed by atoms with E-state index in [1.165, 1.54) is 6.20 Å². The van der Waals surface area contributed by atoms with Crippen molar-refractivity contribution >= 4 is 43.8 Å². The Labute approximate surface area is 111 Å². The molecule has 0 saturated carbocycles. The Balaban J connectivity index is 2.44. The van der Waals surface area contributed by atoms with Crippen LogP contribution in [0.2, 0.25) is 5.02 Å². The summed E-state index contributed by atoms with van der Waals surface area (Å²) < 4.78 is 39.5. The van der Waals surface area contributed by atoms with Gasteiger partial charge < -0.3 is 5.73 Å². The number of hydrogen-bond donors (Lipinski definition) is 2. The summed E-state index contributed by atoms with van der Waals surface area (Å²) in [6.07, 6.45) is 1.43. The van der Waals surface area contributed by atoms with Crippen molar-refractivity contribution in [2.24, 2.45) is 0 Å². The van der Waals surface area contributed by atoms with Gasteiger partial charge in [0, 0.05) is 11.6 Å². The molecule has 5 nitrogen and oxygen atoms in total. The summed E-state index contributed by atoms with van der Waals surface area (Å²) in [5.74, 6) is -0.971. The molecule has 0 saturated heterocycles. The number of sulfonamides is 1. The number of rotatable bonds is 3. The molecule has 1 heterocycles. The van der Waals surface area contributed by atoms with Gasteiger partial charge in [-0.25, -0.2) is 17.8 Å². The van der Waals surface area contributed by atoms with Crippen LogP contribution in [0.3, 0.4) is 0 Å². The van der Waals surface area contributed by atoms with E-state index >= 15 is 0 Å². The number of halogens is 2. The van der Waals surface area contributed by atoms with E-state index in [2.05, 4.69) is 9.71 Å². The van der Waals surface area contributed by atoms with Crippen LogP contribution in [-0.2, 0) is 10.0 Å². The zero-order valence-electron chi connectivity index (χ0n) is 8.72. The van der Waals surface area contributed by atoms with E-state index in [0.29, 0.717) is 0 Å². The summed E-state index contributed by atoms with van der Waals surface area (Å²) in [6, 6.07) is 1.82. The van der Waals surface area contributed by atoms with Crippen LogP contribution >= 0.6 is 22.9 Å². The van der Waals surface area contributed by atoms with Crippen molar-refractivity contribution in [3.8, 4) is 0 Å². The summed E-state index contributed by atoms with van der Waals surface area (Å²) in [4.78, 5) is 3.17. The Morgan fingerprint density at radius 3 is 2.78 bits per heavy atom. The molecule has 0 fully saturated rings. The van der Waals surface area contributed by atoms with E-state index in [4.69, 9.17) is 17.3 Å². The lowest BCUT2D eigenvalue weighted by atomic mass is 10.3. The maximum atomic E-state index is 13.6. The predicted octanol–water partition coefficient (Wildman–Crippen LogP) is 2.32. The number of anilines is 2. The Morgan fingerprint density at radius 2 is 2.17 bits per heavy atom. The number of aromatic nitrogens is 1. The summed E-state index contributed by atoms with van der Waals surface area (Å²) in [5, 5.41) is 1.70. The molecule has 2 aromatic rings. The SMILES string of the molecule is Nc1cc(F)c(S(=O)(=O)Nc2nccs2)cc1Cl. The highest BCUT2D eigenvalue weighted by Crippen LogP contribution is 2.27. The van der Waals surface area contributed by atoms with Gasteiger partial charge in [0.05, 0.1) is 10.7 Å². The van der Waals surface area contributed by atoms with Crippen molar-refractivity contribution in [2.75, 3.05) is 10.5 Å². The number of benzene rings is 1. The van der Waals surface area contributed by atoms with Gasteiger partial charge in [0.15, 0.2) is 5.13 Å². The molecule has 9 heteroatoms. The molecule has 0 atom stereocenters. The Kier molecular flexibility index (Phi) is 3.42. The second-order valence-electron chi connectivity index (χ2n) is 3.25. The van der Waals surface area contributed by atoms with Gasteiger partial charge in [-0.1, -0.05) is 11.6 Å². The summed E-state index contributed by atoms with van der Waals surface area (Å²) in [7, 11) is -4.07. The average Bonchev–Trinajstić information content (AvgIpc) is 2.75. The molecular weight excluding hydrogens is 301 g/mol. The van der Waals surface area contributed by atoms with Gasteiger partial charge in [0.25, 0.3) is 10.0 Å². The topological polar surface area (TPSA) is 85.1 Å². The number of hydrogen-bond acceptors (Lipinski definition) is 5. The highest BCUT2D eigenvalue weighted by molar-refractivity contribution is 7.93. The van der Waals surface area contributed by atoms with Crippen LogP contribution in [0.4, 0.5) is 15.2 Å². The van der Waals surface area contributed by atoms with Crippen LogP contribution in [0.1, 0.15) is 0 Å². The molecule has 2 rings (SSSR count). The zero-order valence-corrected chi connectivity index (χ0v) is 11.1. The van der Waals surface area contributed by atoms with Gasteiger partial charge in [0.2, 0.25) is 0 Å². The molecule has 18 heavy (non-hydrogen) atoms. The number of nitrogen functional groups attached to an aromatic ring is 1. The third-order valence-corrected chi connectivity index (χ3v) is 4.49. The summed E-state index contributed by atoms with van der Waals surface area (Å²) >= 11 is 6.75. The summed E-state index contributed by atoms with van der Waals surface area (Å²) in [5.41, 5.74) is 5.35. The van der Waals surface area contributed by atoms with Gasteiger partial charge in [-0.05, 0) is 12.1 Å². The monoisotopic (exact) mass is 307 g/mol. The van der Waals surface area contributed by atoms with E-state index in [-0.39, 0.29) is 15.8 Å². The van der Waals surface area contributed by atoms with Gasteiger partial charge >= 0.3 is 0 Å². The molecule has 0 bridgehead atoms. The highest BCUT2D eigenvalue weighted by atomic mass is 35.5. The predicted molar refractivity (Wildman–Crippen MR) is 68.7 cm³/mol. The fourth-order valence-corrected chi connectivity index (χ4v) is 3.30. The minimum Gasteiger partial charge on any atom is -0.397 e. The van der Waals surface area contributed by atoms with Crippen LogP contribution in [0.25, 0.3) is 0 Å². The molecule has 96 valence electrons. The van der Waals surface area contributed by atoms with Crippen molar-refractivity contribution < 1.29 is 12.8 Å². The van der Waals surface area contributed by atoms with E-state index in [0.717, 1.165) is 23.5 Å². The quantitative estimate of drug-likeness (QED) is 0.852. The van der Waals surface area contributed by atoms with Crippen molar-refractivity contribution in [1.29, 1.82) is 0 Å². The van der Waals surface area contributed by atoms with E-state index < -0.39 is 20.7 Å². The molecule has 0 aliphatic rings. The Bertz CT molecular complexity index is 673. The number of nitrogens with one attached hydrogen (secondary N) is 1. The molecule has 0 aliphatic heterocycles. The molecule has 0 radical (unpaired) electrons. The van der Waals surface area contributed by atoms with Gasteiger partial charge in [-0.15, -0.1) is 11.3 Å². The molecule has 0 amide bonds. The number of nitrogens with two attached hydrogens (primary N) is 1. The fourth-order valence-electron chi connectivity index (χ4n) is 1.19. The molecule has 3 N–H and O–H groups in total. The fraction of sp³-hybridized carbons (Fsp3) is 0. The minimum atomic E-state index is -4.07. The van der Waals surface area contributed by atoms with Gasteiger partial charge in [0.1, 0.15) is 10.7 Å². The largest absolute Gasteiger partial charge is 0.397 e. The molecule has 0 unspecified atom stereocenters. The molecular formula is C9H7ClFN3O2S2. The maximum Gasteiger partial charge on any atom is 0.266 e. The number of thiazole rings is 1. The second-order valence-corrected chi connectivity index (χ2v) is 6.20. The molecule has 0 spiro atoms. The summed E-state index contributed by atoms with van der Waals surface area (Å²) in [6.45, 7) is 0. The van der Waals surface area contributed by atoms with E-state index in [9.17, 15) is 12.8 Å². The van der Waals surface area contributed by atoms with Crippen LogP contribution in [0.5, 0.6) is 0 Å². The number of nitrogens with zero attached hydrogens (tertiary/aromatic N) is 1. The first-order chi connectivity index (χ1) is 8.40. The van der Waals surface area contributed by atoms with Gasteiger partial charge in [-0.3, -0.25) is 4.72 Å². The lowest BCUT2D eigenvalue weighted by Crippen LogP contribution is -2.14. The molecule has 1 aromatic carbocycles. The smallest absolute Gasteiger partial charge is 0.266 e. The van der Waals surface area contributed by atoms with Crippen molar-refractivity contribution in [2.45, 2.75) is 4.90 Å².